The molecule has 0 unspecified atom stereocenters. The Bertz CT molecular complexity index is 991. The van der Waals surface area contributed by atoms with Gasteiger partial charge in [-0.25, -0.2) is 0 Å². The quantitative estimate of drug-likeness (QED) is 0.681. The first kappa shape index (κ1) is 18.9. The number of nitrogens with one attached hydrogen (secondary N) is 1. The SMILES string of the molecule is O=C(NCCc1nc(-c2cccnc2)no1)[C@@H]1C[C@H](c2ccccc2)N2CCC[C@@H]12. The number of rotatable bonds is 6. The second kappa shape index (κ2) is 8.36. The van der Waals surface area contributed by atoms with E-state index in [9.17, 15) is 4.79 Å². The highest BCUT2D eigenvalue weighted by molar-refractivity contribution is 5.80. The van der Waals surface area contributed by atoms with E-state index in [-0.39, 0.29) is 11.8 Å². The van der Waals surface area contributed by atoms with Gasteiger partial charge < -0.3 is 9.84 Å². The van der Waals surface area contributed by atoms with Crippen LogP contribution in [0.1, 0.15) is 36.8 Å². The number of amides is 1. The van der Waals surface area contributed by atoms with E-state index < -0.39 is 0 Å². The number of fused-ring (bicyclic) bond motifs is 1. The van der Waals surface area contributed by atoms with Crippen molar-refractivity contribution >= 4 is 5.91 Å². The summed E-state index contributed by atoms with van der Waals surface area (Å²) in [7, 11) is 0. The van der Waals surface area contributed by atoms with Crippen LogP contribution in [-0.4, -0.2) is 45.1 Å². The molecule has 0 saturated carbocycles. The highest BCUT2D eigenvalue weighted by atomic mass is 16.5. The van der Waals surface area contributed by atoms with E-state index in [2.05, 4.69) is 49.6 Å². The Balaban J connectivity index is 1.19. The van der Waals surface area contributed by atoms with Crippen LogP contribution in [0.4, 0.5) is 0 Å². The van der Waals surface area contributed by atoms with Crippen molar-refractivity contribution in [3.05, 3.63) is 66.3 Å². The molecule has 2 aromatic heterocycles. The lowest BCUT2D eigenvalue weighted by atomic mass is 9.93. The number of carbonyl (C=O) groups is 1. The van der Waals surface area contributed by atoms with Crippen LogP contribution in [0.5, 0.6) is 0 Å². The van der Waals surface area contributed by atoms with Crippen LogP contribution in [0.3, 0.4) is 0 Å². The van der Waals surface area contributed by atoms with Gasteiger partial charge in [0.05, 0.1) is 5.92 Å². The molecule has 2 aliphatic rings. The van der Waals surface area contributed by atoms with Crippen molar-refractivity contribution in [2.75, 3.05) is 13.1 Å². The molecule has 2 aliphatic heterocycles. The average molecular weight is 403 g/mol. The Morgan fingerprint density at radius 2 is 2.10 bits per heavy atom. The number of hydrogen-bond acceptors (Lipinski definition) is 6. The number of pyridine rings is 1. The second-order valence-electron chi connectivity index (χ2n) is 8.01. The highest BCUT2D eigenvalue weighted by Gasteiger charge is 2.46. The molecule has 7 heteroatoms. The van der Waals surface area contributed by atoms with E-state index in [1.807, 2.05) is 18.2 Å². The maximum Gasteiger partial charge on any atom is 0.228 e. The summed E-state index contributed by atoms with van der Waals surface area (Å²) < 4.78 is 5.32. The molecule has 5 rings (SSSR count). The third-order valence-electron chi connectivity index (χ3n) is 6.23. The zero-order valence-corrected chi connectivity index (χ0v) is 16.8. The Morgan fingerprint density at radius 1 is 1.20 bits per heavy atom. The summed E-state index contributed by atoms with van der Waals surface area (Å²) in [6.45, 7) is 1.57. The monoisotopic (exact) mass is 403 g/mol. The average Bonchev–Trinajstić information content (AvgIpc) is 3.52. The molecule has 0 spiro atoms. The van der Waals surface area contributed by atoms with Crippen molar-refractivity contribution in [3.8, 4) is 11.4 Å². The lowest BCUT2D eigenvalue weighted by Crippen LogP contribution is -2.38. The van der Waals surface area contributed by atoms with E-state index in [0.29, 0.717) is 36.8 Å². The number of hydrogen-bond donors (Lipinski definition) is 1. The Morgan fingerprint density at radius 3 is 2.93 bits per heavy atom. The van der Waals surface area contributed by atoms with Crippen LogP contribution in [0.2, 0.25) is 0 Å². The largest absolute Gasteiger partial charge is 0.355 e. The van der Waals surface area contributed by atoms with Crippen LogP contribution >= 0.6 is 0 Å². The van der Waals surface area contributed by atoms with Gasteiger partial charge in [-0.15, -0.1) is 0 Å². The fourth-order valence-electron chi connectivity index (χ4n) is 4.84. The molecule has 154 valence electrons. The molecule has 1 N–H and O–H groups in total. The zero-order chi connectivity index (χ0) is 20.3. The van der Waals surface area contributed by atoms with Crippen molar-refractivity contribution < 1.29 is 9.32 Å². The predicted molar refractivity (Wildman–Crippen MR) is 111 cm³/mol. The molecule has 3 atom stereocenters. The third-order valence-corrected chi connectivity index (χ3v) is 6.23. The van der Waals surface area contributed by atoms with Gasteiger partial charge in [-0.2, -0.15) is 4.98 Å². The number of carbonyl (C=O) groups excluding carboxylic acids is 1. The molecule has 0 bridgehead atoms. The topological polar surface area (TPSA) is 84.2 Å². The Labute approximate surface area is 175 Å². The first-order chi connectivity index (χ1) is 14.8. The van der Waals surface area contributed by atoms with Crippen molar-refractivity contribution in [2.24, 2.45) is 5.92 Å². The van der Waals surface area contributed by atoms with Gasteiger partial charge in [0.1, 0.15) is 0 Å². The minimum atomic E-state index is 0.0337. The fraction of sp³-hybridized carbons (Fsp3) is 0.391. The van der Waals surface area contributed by atoms with Crippen LogP contribution in [0, 0.1) is 5.92 Å². The predicted octanol–water partition coefficient (Wildman–Crippen LogP) is 3.02. The first-order valence-corrected chi connectivity index (χ1v) is 10.6. The molecule has 4 heterocycles. The summed E-state index contributed by atoms with van der Waals surface area (Å²) in [6, 6.07) is 15.0. The normalized spacial score (nSPS) is 23.4. The van der Waals surface area contributed by atoms with Crippen LogP contribution in [0.15, 0.2) is 59.4 Å². The zero-order valence-electron chi connectivity index (χ0n) is 16.8. The molecule has 30 heavy (non-hydrogen) atoms. The van der Waals surface area contributed by atoms with Crippen molar-refractivity contribution in [2.45, 2.75) is 37.8 Å². The molecule has 3 aromatic rings. The van der Waals surface area contributed by atoms with Gasteiger partial charge in [-0.1, -0.05) is 35.5 Å². The van der Waals surface area contributed by atoms with Gasteiger partial charge in [0.25, 0.3) is 0 Å². The lowest BCUT2D eigenvalue weighted by Gasteiger charge is -2.24. The minimum absolute atomic E-state index is 0.0337. The van der Waals surface area contributed by atoms with E-state index in [1.165, 1.54) is 5.56 Å². The minimum Gasteiger partial charge on any atom is -0.355 e. The molecule has 1 aromatic carbocycles. The molecule has 7 nitrogen and oxygen atoms in total. The number of aromatic nitrogens is 3. The van der Waals surface area contributed by atoms with Gasteiger partial charge in [-0.3, -0.25) is 14.7 Å². The lowest BCUT2D eigenvalue weighted by molar-refractivity contribution is -0.125. The third kappa shape index (κ3) is 3.73. The summed E-state index contributed by atoms with van der Waals surface area (Å²) >= 11 is 0. The molecule has 2 fully saturated rings. The van der Waals surface area contributed by atoms with Crippen molar-refractivity contribution in [1.29, 1.82) is 0 Å². The van der Waals surface area contributed by atoms with Gasteiger partial charge in [0, 0.05) is 43.0 Å². The van der Waals surface area contributed by atoms with Gasteiger partial charge in [0.15, 0.2) is 0 Å². The summed E-state index contributed by atoms with van der Waals surface area (Å²) in [4.78, 5) is 24.0. The molecule has 2 saturated heterocycles. The summed E-state index contributed by atoms with van der Waals surface area (Å²) in [5, 5.41) is 7.10. The Kier molecular flexibility index (Phi) is 5.27. The van der Waals surface area contributed by atoms with Crippen LogP contribution in [-0.2, 0) is 11.2 Å². The van der Waals surface area contributed by atoms with E-state index in [1.54, 1.807) is 12.4 Å². The summed E-state index contributed by atoms with van der Waals surface area (Å²) in [5.41, 5.74) is 2.13. The maximum atomic E-state index is 13.0. The standard InChI is InChI=1S/C23H25N5O2/c29-23(25-12-10-21-26-22(27-30-21)17-8-4-11-24-15-17)18-14-20(16-6-2-1-3-7-16)28-13-5-9-19(18)28/h1-4,6-8,11,15,18-20H,5,9-10,12-14H2,(H,25,29)/t18-,19+,20-/m1/s1. The van der Waals surface area contributed by atoms with E-state index in [4.69, 9.17) is 4.52 Å². The molecule has 0 radical (unpaired) electrons. The Hall–Kier alpha value is -3.06. The number of benzene rings is 1. The number of nitrogens with zero attached hydrogens (tertiary/aromatic N) is 4. The van der Waals surface area contributed by atoms with Crippen LogP contribution < -0.4 is 5.32 Å². The second-order valence-corrected chi connectivity index (χ2v) is 8.01. The summed E-state index contributed by atoms with van der Waals surface area (Å²) in [5.74, 6) is 1.21. The molecular formula is C23H25N5O2. The van der Waals surface area contributed by atoms with Crippen LogP contribution in [0.25, 0.3) is 11.4 Å². The van der Waals surface area contributed by atoms with Crippen molar-refractivity contribution in [1.82, 2.24) is 25.3 Å². The first-order valence-electron chi connectivity index (χ1n) is 10.6. The molecule has 0 aliphatic carbocycles. The van der Waals surface area contributed by atoms with Crippen molar-refractivity contribution in [3.63, 3.8) is 0 Å². The van der Waals surface area contributed by atoms with E-state index in [0.717, 1.165) is 31.4 Å². The molecule has 1 amide bonds. The fourth-order valence-corrected chi connectivity index (χ4v) is 4.84. The highest BCUT2D eigenvalue weighted by Crippen LogP contribution is 2.44. The smallest absolute Gasteiger partial charge is 0.228 e. The maximum absolute atomic E-state index is 13.0. The van der Waals surface area contributed by atoms with Gasteiger partial charge in [-0.05, 0) is 43.5 Å². The van der Waals surface area contributed by atoms with Gasteiger partial charge >= 0.3 is 0 Å². The van der Waals surface area contributed by atoms with E-state index >= 15 is 0 Å². The van der Waals surface area contributed by atoms with Gasteiger partial charge in [0.2, 0.25) is 17.6 Å². The summed E-state index contributed by atoms with van der Waals surface area (Å²) in [6.07, 6.45) is 7.06. The molecular weight excluding hydrogens is 378 g/mol.